The zero-order chi connectivity index (χ0) is 19.7. The Kier molecular flexibility index (Phi) is 5.13. The van der Waals surface area contributed by atoms with Gasteiger partial charge in [-0.05, 0) is 68.9 Å². The van der Waals surface area contributed by atoms with Gasteiger partial charge in [-0.3, -0.25) is 9.89 Å². The van der Waals surface area contributed by atoms with Crippen LogP contribution >= 0.6 is 0 Å². The van der Waals surface area contributed by atoms with Crippen LogP contribution in [0, 0.1) is 11.7 Å². The smallest absolute Gasteiger partial charge is 0.231 e. The SMILES string of the molecule is CCN1CCC(C(=O)N(CC)c2ccc3[nH]nc(-c4ccc(F)cc4)c3c2)C1. The van der Waals surface area contributed by atoms with E-state index in [1.807, 2.05) is 30.0 Å². The first-order valence-corrected chi connectivity index (χ1v) is 9.88. The summed E-state index contributed by atoms with van der Waals surface area (Å²) in [6, 6.07) is 12.2. The summed E-state index contributed by atoms with van der Waals surface area (Å²) in [4.78, 5) is 17.3. The highest BCUT2D eigenvalue weighted by molar-refractivity contribution is 6.00. The van der Waals surface area contributed by atoms with E-state index in [1.165, 1.54) is 12.1 Å². The van der Waals surface area contributed by atoms with Crippen molar-refractivity contribution in [2.75, 3.05) is 31.1 Å². The van der Waals surface area contributed by atoms with Crippen molar-refractivity contribution in [3.8, 4) is 11.3 Å². The molecule has 3 aromatic rings. The molecule has 1 aliphatic heterocycles. The van der Waals surface area contributed by atoms with Crippen LogP contribution in [0.2, 0.25) is 0 Å². The van der Waals surface area contributed by atoms with E-state index in [2.05, 4.69) is 22.0 Å². The summed E-state index contributed by atoms with van der Waals surface area (Å²) in [5, 5.41) is 8.36. The number of anilines is 1. The highest BCUT2D eigenvalue weighted by Crippen LogP contribution is 2.31. The van der Waals surface area contributed by atoms with Crippen molar-refractivity contribution in [1.82, 2.24) is 15.1 Å². The number of likely N-dealkylation sites (tertiary alicyclic amines) is 1. The second kappa shape index (κ2) is 7.72. The van der Waals surface area contributed by atoms with Gasteiger partial charge in [-0.15, -0.1) is 0 Å². The predicted octanol–water partition coefficient (Wildman–Crippen LogP) is 4.06. The average molecular weight is 380 g/mol. The van der Waals surface area contributed by atoms with E-state index in [0.29, 0.717) is 6.54 Å². The van der Waals surface area contributed by atoms with Gasteiger partial charge < -0.3 is 9.80 Å². The summed E-state index contributed by atoms with van der Waals surface area (Å²) >= 11 is 0. The molecule has 1 N–H and O–H groups in total. The third kappa shape index (κ3) is 3.40. The first kappa shape index (κ1) is 18.6. The van der Waals surface area contributed by atoms with Crippen LogP contribution in [-0.2, 0) is 4.79 Å². The van der Waals surface area contributed by atoms with Gasteiger partial charge in [0.25, 0.3) is 0 Å². The Morgan fingerprint density at radius 1 is 1.25 bits per heavy atom. The summed E-state index contributed by atoms with van der Waals surface area (Å²) in [5.74, 6) is -0.0362. The predicted molar refractivity (Wildman–Crippen MR) is 110 cm³/mol. The van der Waals surface area contributed by atoms with Crippen LogP contribution in [0.4, 0.5) is 10.1 Å². The number of carbonyl (C=O) groups is 1. The molecule has 1 aromatic heterocycles. The molecule has 1 unspecified atom stereocenters. The molecule has 1 atom stereocenters. The molecule has 0 saturated carbocycles. The number of aromatic nitrogens is 2. The minimum absolute atomic E-state index is 0.0523. The molecule has 5 nitrogen and oxygen atoms in total. The van der Waals surface area contributed by atoms with Crippen LogP contribution in [0.3, 0.4) is 0 Å². The van der Waals surface area contributed by atoms with Gasteiger partial charge in [0.05, 0.1) is 17.1 Å². The van der Waals surface area contributed by atoms with E-state index >= 15 is 0 Å². The summed E-state index contributed by atoms with van der Waals surface area (Å²) in [6.07, 6.45) is 0.915. The van der Waals surface area contributed by atoms with E-state index in [4.69, 9.17) is 0 Å². The summed E-state index contributed by atoms with van der Waals surface area (Å²) < 4.78 is 13.3. The quantitative estimate of drug-likeness (QED) is 0.726. The Morgan fingerprint density at radius 3 is 2.71 bits per heavy atom. The fourth-order valence-electron chi connectivity index (χ4n) is 4.01. The topological polar surface area (TPSA) is 52.2 Å². The van der Waals surface area contributed by atoms with Gasteiger partial charge in [-0.2, -0.15) is 5.10 Å². The normalized spacial score (nSPS) is 17.3. The van der Waals surface area contributed by atoms with E-state index in [9.17, 15) is 9.18 Å². The first-order valence-electron chi connectivity index (χ1n) is 9.88. The largest absolute Gasteiger partial charge is 0.312 e. The maximum absolute atomic E-state index is 13.3. The molecule has 0 spiro atoms. The van der Waals surface area contributed by atoms with Gasteiger partial charge in [0.2, 0.25) is 5.91 Å². The van der Waals surface area contributed by atoms with Crippen molar-refractivity contribution in [1.29, 1.82) is 0 Å². The fraction of sp³-hybridized carbons (Fsp3) is 0.364. The number of benzene rings is 2. The zero-order valence-electron chi connectivity index (χ0n) is 16.3. The number of carbonyl (C=O) groups excluding carboxylic acids is 1. The van der Waals surface area contributed by atoms with Crippen molar-refractivity contribution >= 4 is 22.5 Å². The molecular formula is C22H25FN4O. The first-order chi connectivity index (χ1) is 13.6. The number of hydrogen-bond donors (Lipinski definition) is 1. The minimum Gasteiger partial charge on any atom is -0.312 e. The summed E-state index contributed by atoms with van der Waals surface area (Å²) in [6.45, 7) is 7.56. The van der Waals surface area contributed by atoms with E-state index in [1.54, 1.807) is 12.1 Å². The monoisotopic (exact) mass is 380 g/mol. The van der Waals surface area contributed by atoms with E-state index in [-0.39, 0.29) is 17.6 Å². The van der Waals surface area contributed by atoms with Crippen molar-refractivity contribution in [3.63, 3.8) is 0 Å². The van der Waals surface area contributed by atoms with Crippen LogP contribution in [0.5, 0.6) is 0 Å². The molecule has 6 heteroatoms. The third-order valence-electron chi connectivity index (χ3n) is 5.63. The Hall–Kier alpha value is -2.73. The number of H-pyrrole nitrogens is 1. The lowest BCUT2D eigenvalue weighted by Crippen LogP contribution is -2.37. The number of nitrogens with zero attached hydrogens (tertiary/aromatic N) is 3. The molecule has 1 aliphatic rings. The van der Waals surface area contributed by atoms with Gasteiger partial charge in [-0.25, -0.2) is 4.39 Å². The molecular weight excluding hydrogens is 355 g/mol. The second-order valence-electron chi connectivity index (χ2n) is 7.27. The molecule has 4 rings (SSSR count). The second-order valence-corrected chi connectivity index (χ2v) is 7.27. The Morgan fingerprint density at radius 2 is 2.04 bits per heavy atom. The maximum atomic E-state index is 13.3. The molecule has 28 heavy (non-hydrogen) atoms. The van der Waals surface area contributed by atoms with E-state index < -0.39 is 0 Å². The Labute approximate surface area is 164 Å². The van der Waals surface area contributed by atoms with Crippen molar-refractivity contribution in [2.24, 2.45) is 5.92 Å². The van der Waals surface area contributed by atoms with Crippen molar-refractivity contribution < 1.29 is 9.18 Å². The van der Waals surface area contributed by atoms with Crippen molar-refractivity contribution in [3.05, 3.63) is 48.3 Å². The van der Waals surface area contributed by atoms with Gasteiger partial charge in [0, 0.05) is 29.7 Å². The number of fused-ring (bicyclic) bond motifs is 1. The van der Waals surface area contributed by atoms with Gasteiger partial charge in [-0.1, -0.05) is 6.92 Å². The number of halogens is 1. The molecule has 1 amide bonds. The maximum Gasteiger partial charge on any atom is 0.231 e. The number of rotatable bonds is 5. The lowest BCUT2D eigenvalue weighted by molar-refractivity contribution is -0.122. The van der Waals surface area contributed by atoms with Gasteiger partial charge in [0.15, 0.2) is 0 Å². The third-order valence-corrected chi connectivity index (χ3v) is 5.63. The number of aromatic amines is 1. The molecule has 0 bridgehead atoms. The Balaban J connectivity index is 1.67. The van der Waals surface area contributed by atoms with Crippen LogP contribution in [-0.4, -0.2) is 47.2 Å². The number of hydrogen-bond acceptors (Lipinski definition) is 3. The molecule has 2 heterocycles. The van der Waals surface area contributed by atoms with Crippen LogP contribution in [0.15, 0.2) is 42.5 Å². The molecule has 1 fully saturated rings. The minimum atomic E-state index is -0.273. The Bertz CT molecular complexity index is 982. The van der Waals surface area contributed by atoms with Gasteiger partial charge >= 0.3 is 0 Å². The highest BCUT2D eigenvalue weighted by Gasteiger charge is 2.31. The van der Waals surface area contributed by atoms with Crippen molar-refractivity contribution in [2.45, 2.75) is 20.3 Å². The summed E-state index contributed by atoms with van der Waals surface area (Å²) in [5.41, 5.74) is 3.37. The van der Waals surface area contributed by atoms with Crippen LogP contribution < -0.4 is 4.90 Å². The molecule has 2 aromatic carbocycles. The fourth-order valence-corrected chi connectivity index (χ4v) is 4.01. The highest BCUT2D eigenvalue weighted by atomic mass is 19.1. The molecule has 0 radical (unpaired) electrons. The summed E-state index contributed by atoms with van der Waals surface area (Å²) in [7, 11) is 0. The van der Waals surface area contributed by atoms with E-state index in [0.717, 1.165) is 53.9 Å². The molecule has 0 aliphatic carbocycles. The molecule has 146 valence electrons. The van der Waals surface area contributed by atoms with Crippen LogP contribution in [0.1, 0.15) is 20.3 Å². The van der Waals surface area contributed by atoms with Gasteiger partial charge in [0.1, 0.15) is 5.82 Å². The zero-order valence-corrected chi connectivity index (χ0v) is 16.3. The lowest BCUT2D eigenvalue weighted by Gasteiger charge is -2.24. The van der Waals surface area contributed by atoms with Crippen LogP contribution in [0.25, 0.3) is 22.2 Å². The number of amides is 1. The standard InChI is InChI=1S/C22H25FN4O/c1-3-26-12-11-16(14-26)22(28)27(4-2)18-9-10-20-19(13-18)21(25-24-20)15-5-7-17(23)8-6-15/h5-10,13,16H,3-4,11-12,14H2,1-2H3,(H,24,25). The lowest BCUT2D eigenvalue weighted by atomic mass is 10.0. The molecule has 1 saturated heterocycles. The average Bonchev–Trinajstić information content (AvgIpc) is 3.36. The number of nitrogens with one attached hydrogen (secondary N) is 1.